The standard InChI is InChI=1S/C17H15N3O4S2/c1-8-9(2)26-16-14(8)15(22)19-17(20-16)25-6-13(21)18-10-3-4-11-12(5-10)24-7-23-11/h3-5H,6-7H2,1-2H3,(H,18,21)(H,19,20,22). The van der Waals surface area contributed by atoms with Crippen LogP contribution in [0.4, 0.5) is 5.69 Å². The SMILES string of the molecule is Cc1sc2nc(SCC(=O)Nc3ccc4c(c3)OCO4)[nH]c(=O)c2c1C. The fraction of sp³-hybridized carbons (Fsp3) is 0.235. The van der Waals surface area contributed by atoms with E-state index in [1.807, 2.05) is 13.8 Å². The molecule has 7 nitrogen and oxygen atoms in total. The maximum atomic E-state index is 12.2. The fourth-order valence-corrected chi connectivity index (χ4v) is 4.36. The van der Waals surface area contributed by atoms with E-state index in [4.69, 9.17) is 9.47 Å². The number of nitrogens with one attached hydrogen (secondary N) is 2. The molecule has 0 radical (unpaired) electrons. The Bertz CT molecular complexity index is 1070. The third-order valence-corrected chi connectivity index (χ3v) is 5.99. The molecule has 2 N–H and O–H groups in total. The van der Waals surface area contributed by atoms with E-state index in [0.29, 0.717) is 32.6 Å². The summed E-state index contributed by atoms with van der Waals surface area (Å²) >= 11 is 2.67. The summed E-state index contributed by atoms with van der Waals surface area (Å²) in [6.45, 7) is 4.06. The summed E-state index contributed by atoms with van der Waals surface area (Å²) in [4.78, 5) is 33.4. The van der Waals surface area contributed by atoms with Crippen molar-refractivity contribution in [2.45, 2.75) is 19.0 Å². The van der Waals surface area contributed by atoms with Gasteiger partial charge in [-0.2, -0.15) is 0 Å². The summed E-state index contributed by atoms with van der Waals surface area (Å²) in [6, 6.07) is 5.22. The van der Waals surface area contributed by atoms with Crippen molar-refractivity contribution in [1.29, 1.82) is 0 Å². The monoisotopic (exact) mass is 389 g/mol. The molecule has 26 heavy (non-hydrogen) atoms. The molecule has 2 aromatic heterocycles. The summed E-state index contributed by atoms with van der Waals surface area (Å²) in [5.74, 6) is 1.20. The molecule has 3 heterocycles. The molecule has 9 heteroatoms. The number of ether oxygens (including phenoxy) is 2. The first kappa shape index (κ1) is 16.9. The number of hydrogen-bond acceptors (Lipinski definition) is 7. The third kappa shape index (κ3) is 3.15. The molecular weight excluding hydrogens is 374 g/mol. The summed E-state index contributed by atoms with van der Waals surface area (Å²) < 4.78 is 10.5. The van der Waals surface area contributed by atoms with Crippen molar-refractivity contribution < 1.29 is 14.3 Å². The number of aromatic nitrogens is 2. The van der Waals surface area contributed by atoms with Crippen LogP contribution in [-0.2, 0) is 4.79 Å². The van der Waals surface area contributed by atoms with Crippen molar-refractivity contribution >= 4 is 44.9 Å². The van der Waals surface area contributed by atoms with E-state index in [1.165, 1.54) is 23.1 Å². The minimum atomic E-state index is -0.199. The lowest BCUT2D eigenvalue weighted by Gasteiger charge is -2.06. The Kier molecular flexibility index (Phi) is 4.33. The summed E-state index contributed by atoms with van der Waals surface area (Å²) in [7, 11) is 0. The van der Waals surface area contributed by atoms with Gasteiger partial charge in [0.2, 0.25) is 12.7 Å². The average Bonchev–Trinajstić information content (AvgIpc) is 3.17. The van der Waals surface area contributed by atoms with Crippen LogP contribution in [0.3, 0.4) is 0 Å². The van der Waals surface area contributed by atoms with Crippen LogP contribution in [0.25, 0.3) is 10.2 Å². The number of fused-ring (bicyclic) bond motifs is 2. The zero-order chi connectivity index (χ0) is 18.3. The second kappa shape index (κ2) is 6.65. The number of thiophene rings is 1. The normalized spacial score (nSPS) is 12.5. The number of H-pyrrole nitrogens is 1. The lowest BCUT2D eigenvalue weighted by Crippen LogP contribution is -2.15. The van der Waals surface area contributed by atoms with Crippen LogP contribution in [0.1, 0.15) is 10.4 Å². The number of amides is 1. The molecule has 0 aliphatic carbocycles. The number of nitrogens with zero attached hydrogens (tertiary/aromatic N) is 1. The second-order valence-corrected chi connectivity index (χ2v) is 7.91. The van der Waals surface area contributed by atoms with Gasteiger partial charge in [-0.15, -0.1) is 11.3 Å². The van der Waals surface area contributed by atoms with E-state index in [9.17, 15) is 9.59 Å². The largest absolute Gasteiger partial charge is 0.454 e. The minimum Gasteiger partial charge on any atom is -0.454 e. The number of hydrogen-bond donors (Lipinski definition) is 2. The summed E-state index contributed by atoms with van der Waals surface area (Å²) in [5.41, 5.74) is 1.41. The Morgan fingerprint density at radius 3 is 3.00 bits per heavy atom. The van der Waals surface area contributed by atoms with Crippen LogP contribution in [0.15, 0.2) is 28.2 Å². The molecule has 4 rings (SSSR count). The Hall–Kier alpha value is -2.52. The van der Waals surface area contributed by atoms with Gasteiger partial charge in [-0.05, 0) is 31.5 Å². The number of benzene rings is 1. The molecule has 0 saturated carbocycles. The van der Waals surface area contributed by atoms with Crippen molar-refractivity contribution in [3.05, 3.63) is 39.0 Å². The molecule has 0 bridgehead atoms. The van der Waals surface area contributed by atoms with E-state index < -0.39 is 0 Å². The smallest absolute Gasteiger partial charge is 0.260 e. The van der Waals surface area contributed by atoms with Crippen LogP contribution in [0.5, 0.6) is 11.5 Å². The summed E-state index contributed by atoms with van der Waals surface area (Å²) in [5, 5.41) is 3.86. The Morgan fingerprint density at radius 1 is 1.35 bits per heavy atom. The predicted molar refractivity (Wildman–Crippen MR) is 102 cm³/mol. The molecule has 0 fully saturated rings. The van der Waals surface area contributed by atoms with Gasteiger partial charge < -0.3 is 19.8 Å². The molecule has 0 unspecified atom stereocenters. The Balaban J connectivity index is 1.44. The maximum absolute atomic E-state index is 12.2. The number of rotatable bonds is 4. The summed E-state index contributed by atoms with van der Waals surface area (Å²) in [6.07, 6.45) is 0. The minimum absolute atomic E-state index is 0.131. The third-order valence-electron chi connectivity index (χ3n) is 4.01. The van der Waals surface area contributed by atoms with Gasteiger partial charge in [0.25, 0.3) is 5.56 Å². The van der Waals surface area contributed by atoms with Gasteiger partial charge in [-0.1, -0.05) is 11.8 Å². The first-order valence-corrected chi connectivity index (χ1v) is 9.64. The highest BCUT2D eigenvalue weighted by Gasteiger charge is 2.15. The van der Waals surface area contributed by atoms with Crippen molar-refractivity contribution in [2.75, 3.05) is 17.9 Å². The number of carbonyl (C=O) groups is 1. The molecule has 1 aliphatic rings. The van der Waals surface area contributed by atoms with Crippen LogP contribution in [0, 0.1) is 13.8 Å². The van der Waals surface area contributed by atoms with Gasteiger partial charge in [0.05, 0.1) is 11.1 Å². The van der Waals surface area contributed by atoms with Gasteiger partial charge in [-0.3, -0.25) is 9.59 Å². The molecule has 134 valence electrons. The second-order valence-electron chi connectivity index (χ2n) is 5.74. The quantitative estimate of drug-likeness (QED) is 0.526. The van der Waals surface area contributed by atoms with Gasteiger partial charge >= 0.3 is 0 Å². The van der Waals surface area contributed by atoms with Gasteiger partial charge in [-0.25, -0.2) is 4.98 Å². The topological polar surface area (TPSA) is 93.3 Å². The van der Waals surface area contributed by atoms with Crippen molar-refractivity contribution in [3.63, 3.8) is 0 Å². The van der Waals surface area contributed by atoms with E-state index in [1.54, 1.807) is 18.2 Å². The highest BCUT2D eigenvalue weighted by Crippen LogP contribution is 2.34. The maximum Gasteiger partial charge on any atom is 0.260 e. The van der Waals surface area contributed by atoms with Crippen LogP contribution < -0.4 is 20.3 Å². The van der Waals surface area contributed by atoms with Crippen molar-refractivity contribution in [3.8, 4) is 11.5 Å². The highest BCUT2D eigenvalue weighted by molar-refractivity contribution is 7.99. The zero-order valence-corrected chi connectivity index (χ0v) is 15.7. The molecule has 0 atom stereocenters. The van der Waals surface area contributed by atoms with E-state index in [0.717, 1.165) is 10.4 Å². The van der Waals surface area contributed by atoms with Gasteiger partial charge in [0.1, 0.15) is 4.83 Å². The van der Waals surface area contributed by atoms with E-state index in [2.05, 4.69) is 15.3 Å². The molecule has 3 aromatic rings. The molecule has 0 saturated heterocycles. The number of aryl methyl sites for hydroxylation is 2. The van der Waals surface area contributed by atoms with Crippen LogP contribution >= 0.6 is 23.1 Å². The van der Waals surface area contributed by atoms with Crippen molar-refractivity contribution in [1.82, 2.24) is 9.97 Å². The molecular formula is C17H15N3O4S2. The molecule has 1 aliphatic heterocycles. The first-order valence-electron chi connectivity index (χ1n) is 7.83. The van der Waals surface area contributed by atoms with Gasteiger partial charge in [0.15, 0.2) is 16.7 Å². The van der Waals surface area contributed by atoms with E-state index >= 15 is 0 Å². The van der Waals surface area contributed by atoms with Crippen LogP contribution in [-0.4, -0.2) is 28.4 Å². The Labute approximate surface area is 156 Å². The lowest BCUT2D eigenvalue weighted by molar-refractivity contribution is -0.113. The zero-order valence-electron chi connectivity index (χ0n) is 14.0. The molecule has 1 amide bonds. The number of thioether (sulfide) groups is 1. The number of anilines is 1. The van der Waals surface area contributed by atoms with Gasteiger partial charge in [0, 0.05) is 16.6 Å². The Morgan fingerprint density at radius 2 is 2.15 bits per heavy atom. The average molecular weight is 389 g/mol. The lowest BCUT2D eigenvalue weighted by atomic mass is 10.2. The van der Waals surface area contributed by atoms with Crippen molar-refractivity contribution in [2.24, 2.45) is 0 Å². The number of aromatic amines is 1. The van der Waals surface area contributed by atoms with E-state index in [-0.39, 0.29) is 24.0 Å². The first-order chi connectivity index (χ1) is 12.5. The number of carbonyl (C=O) groups excluding carboxylic acids is 1. The van der Waals surface area contributed by atoms with Crippen LogP contribution in [0.2, 0.25) is 0 Å². The fourth-order valence-electron chi connectivity index (χ4n) is 2.61. The highest BCUT2D eigenvalue weighted by atomic mass is 32.2. The molecule has 1 aromatic carbocycles. The predicted octanol–water partition coefficient (Wildman–Crippen LogP) is 3.06. The molecule has 0 spiro atoms.